The van der Waals surface area contributed by atoms with Gasteiger partial charge in [0.1, 0.15) is 6.54 Å². The van der Waals surface area contributed by atoms with Gasteiger partial charge in [0, 0.05) is 19.6 Å². The molecule has 0 aliphatic carbocycles. The van der Waals surface area contributed by atoms with Gasteiger partial charge in [-0.05, 0) is 13.3 Å². The quantitative estimate of drug-likeness (QED) is 0.778. The second-order valence-corrected chi connectivity index (χ2v) is 4.25. The molecular weight excluding hydrogens is 218 g/mol. The Kier molecular flexibility index (Phi) is 5.09. The van der Waals surface area contributed by atoms with Crippen molar-refractivity contribution in [3.05, 3.63) is 11.9 Å². The zero-order chi connectivity index (χ0) is 12.8. The van der Waals surface area contributed by atoms with Crippen LogP contribution in [0.3, 0.4) is 0 Å². The van der Waals surface area contributed by atoms with Gasteiger partial charge in [-0.25, -0.2) is 4.68 Å². The molecule has 2 N–H and O–H groups in total. The minimum absolute atomic E-state index is 0.0411. The van der Waals surface area contributed by atoms with Crippen LogP contribution in [-0.4, -0.2) is 38.9 Å². The van der Waals surface area contributed by atoms with Gasteiger partial charge in [0.05, 0.1) is 11.9 Å². The summed E-state index contributed by atoms with van der Waals surface area (Å²) in [5.74, 6) is 0.0411. The topological polar surface area (TPSA) is 77.0 Å². The highest BCUT2D eigenvalue weighted by Gasteiger charge is 2.15. The number of aromatic nitrogens is 3. The molecule has 0 fully saturated rings. The molecule has 0 bridgehead atoms. The molecule has 17 heavy (non-hydrogen) atoms. The number of hydrogen-bond acceptors (Lipinski definition) is 4. The smallest absolute Gasteiger partial charge is 0.244 e. The number of hydrogen-bond donors (Lipinski definition) is 1. The highest BCUT2D eigenvalue weighted by molar-refractivity contribution is 5.75. The highest BCUT2D eigenvalue weighted by Crippen LogP contribution is 2.05. The fourth-order valence-corrected chi connectivity index (χ4v) is 1.62. The van der Waals surface area contributed by atoms with E-state index >= 15 is 0 Å². The molecule has 1 aromatic rings. The minimum Gasteiger partial charge on any atom is -0.341 e. The van der Waals surface area contributed by atoms with Crippen molar-refractivity contribution in [2.24, 2.45) is 5.73 Å². The van der Waals surface area contributed by atoms with Crippen molar-refractivity contribution in [3.63, 3.8) is 0 Å². The third kappa shape index (κ3) is 3.81. The first-order chi connectivity index (χ1) is 8.08. The number of likely N-dealkylation sites (N-methyl/N-ethyl adjacent to an activating group) is 1. The van der Waals surface area contributed by atoms with Gasteiger partial charge in [-0.1, -0.05) is 18.6 Å². The van der Waals surface area contributed by atoms with E-state index in [1.807, 2.05) is 14.0 Å². The van der Waals surface area contributed by atoms with E-state index in [1.165, 1.54) is 4.68 Å². The molecule has 0 aliphatic heterocycles. The second kappa shape index (κ2) is 6.34. The largest absolute Gasteiger partial charge is 0.341 e. The van der Waals surface area contributed by atoms with E-state index in [9.17, 15) is 4.79 Å². The van der Waals surface area contributed by atoms with Crippen molar-refractivity contribution < 1.29 is 4.79 Å². The third-order valence-corrected chi connectivity index (χ3v) is 2.85. The summed E-state index contributed by atoms with van der Waals surface area (Å²) in [5, 5.41) is 7.70. The molecule has 6 heteroatoms. The maximum atomic E-state index is 11.9. The Morgan fingerprint density at radius 3 is 2.88 bits per heavy atom. The molecule has 1 atom stereocenters. The average molecular weight is 239 g/mol. The number of nitrogens with zero attached hydrogens (tertiary/aromatic N) is 4. The zero-order valence-electron chi connectivity index (χ0n) is 10.8. The summed E-state index contributed by atoms with van der Waals surface area (Å²) in [4.78, 5) is 13.7. The lowest BCUT2D eigenvalue weighted by atomic mass is 10.2. The van der Waals surface area contributed by atoms with Gasteiger partial charge in [-0.2, -0.15) is 0 Å². The summed E-state index contributed by atoms with van der Waals surface area (Å²) < 4.78 is 1.53. The molecule has 1 aromatic heterocycles. The number of nitrogens with two attached hydrogens (primary N) is 1. The van der Waals surface area contributed by atoms with Crippen molar-refractivity contribution in [2.45, 2.75) is 45.8 Å². The van der Waals surface area contributed by atoms with Crippen molar-refractivity contribution >= 4 is 5.91 Å². The van der Waals surface area contributed by atoms with Crippen LogP contribution in [0.5, 0.6) is 0 Å². The fourth-order valence-electron chi connectivity index (χ4n) is 1.62. The summed E-state index contributed by atoms with van der Waals surface area (Å²) in [5.41, 5.74) is 6.13. The molecule has 0 spiro atoms. The van der Waals surface area contributed by atoms with E-state index in [1.54, 1.807) is 11.1 Å². The van der Waals surface area contributed by atoms with Gasteiger partial charge in [-0.15, -0.1) is 5.10 Å². The third-order valence-electron chi connectivity index (χ3n) is 2.85. The van der Waals surface area contributed by atoms with Crippen LogP contribution in [0.25, 0.3) is 0 Å². The fraction of sp³-hybridized carbons (Fsp3) is 0.727. The first-order valence-electron chi connectivity index (χ1n) is 5.93. The lowest BCUT2D eigenvalue weighted by Gasteiger charge is -2.24. The van der Waals surface area contributed by atoms with Gasteiger partial charge >= 0.3 is 0 Å². The molecule has 1 rings (SSSR count). The molecule has 0 saturated carbocycles. The van der Waals surface area contributed by atoms with Gasteiger partial charge in [0.15, 0.2) is 0 Å². The highest BCUT2D eigenvalue weighted by atomic mass is 16.2. The van der Waals surface area contributed by atoms with E-state index in [0.29, 0.717) is 12.2 Å². The molecule has 96 valence electrons. The zero-order valence-corrected chi connectivity index (χ0v) is 10.8. The average Bonchev–Trinajstić information content (AvgIpc) is 2.76. The first-order valence-corrected chi connectivity index (χ1v) is 5.93. The van der Waals surface area contributed by atoms with Crippen molar-refractivity contribution in [3.8, 4) is 0 Å². The number of rotatable bonds is 6. The SMILES string of the molecule is CCCC(C)N(C)C(=O)Cn1cc(CN)nn1. The lowest BCUT2D eigenvalue weighted by Crippen LogP contribution is -2.37. The van der Waals surface area contributed by atoms with Gasteiger partial charge in [0.25, 0.3) is 0 Å². The maximum Gasteiger partial charge on any atom is 0.244 e. The molecular formula is C11H21N5O. The Bertz CT molecular complexity index is 362. The van der Waals surface area contributed by atoms with Gasteiger partial charge in [0.2, 0.25) is 5.91 Å². The van der Waals surface area contributed by atoms with E-state index in [0.717, 1.165) is 12.8 Å². The molecule has 0 aliphatic rings. The van der Waals surface area contributed by atoms with Crippen molar-refractivity contribution in [2.75, 3.05) is 7.05 Å². The number of carbonyl (C=O) groups is 1. The van der Waals surface area contributed by atoms with Crippen LogP contribution in [0.15, 0.2) is 6.20 Å². The molecule has 0 radical (unpaired) electrons. The van der Waals surface area contributed by atoms with Gasteiger partial charge in [-0.3, -0.25) is 4.79 Å². The predicted molar refractivity (Wildman–Crippen MR) is 65.1 cm³/mol. The van der Waals surface area contributed by atoms with Crippen molar-refractivity contribution in [1.82, 2.24) is 19.9 Å². The summed E-state index contributed by atoms with van der Waals surface area (Å²) >= 11 is 0. The number of carbonyl (C=O) groups excluding carboxylic acids is 1. The van der Waals surface area contributed by atoms with Crippen LogP contribution >= 0.6 is 0 Å². The lowest BCUT2D eigenvalue weighted by molar-refractivity contribution is -0.132. The molecule has 1 amide bonds. The Hall–Kier alpha value is -1.43. The maximum absolute atomic E-state index is 11.9. The first kappa shape index (κ1) is 13.6. The van der Waals surface area contributed by atoms with Gasteiger partial charge < -0.3 is 10.6 Å². The van der Waals surface area contributed by atoms with Crippen LogP contribution in [-0.2, 0) is 17.9 Å². The van der Waals surface area contributed by atoms with Crippen LogP contribution in [0.2, 0.25) is 0 Å². The molecule has 0 saturated heterocycles. The Labute approximate surface area is 102 Å². The second-order valence-electron chi connectivity index (χ2n) is 4.25. The van der Waals surface area contributed by atoms with E-state index < -0.39 is 0 Å². The summed E-state index contributed by atoms with van der Waals surface area (Å²) in [6.45, 7) is 4.72. The Morgan fingerprint density at radius 1 is 1.65 bits per heavy atom. The standard InChI is InChI=1S/C11H21N5O/c1-4-5-9(2)15(3)11(17)8-16-7-10(6-12)13-14-16/h7,9H,4-6,8,12H2,1-3H3. The molecule has 1 unspecified atom stereocenters. The summed E-state index contributed by atoms with van der Waals surface area (Å²) in [7, 11) is 1.82. The summed E-state index contributed by atoms with van der Waals surface area (Å²) in [6, 6.07) is 0.255. The Morgan fingerprint density at radius 2 is 2.35 bits per heavy atom. The van der Waals surface area contributed by atoms with Crippen LogP contribution in [0.1, 0.15) is 32.4 Å². The monoisotopic (exact) mass is 239 g/mol. The van der Waals surface area contributed by atoms with Crippen LogP contribution < -0.4 is 5.73 Å². The molecule has 0 aromatic carbocycles. The van der Waals surface area contributed by atoms with E-state index in [2.05, 4.69) is 17.2 Å². The van der Waals surface area contributed by atoms with E-state index in [4.69, 9.17) is 5.73 Å². The molecule has 1 heterocycles. The minimum atomic E-state index is 0.0411. The Balaban J connectivity index is 2.53. The number of amides is 1. The van der Waals surface area contributed by atoms with E-state index in [-0.39, 0.29) is 18.5 Å². The van der Waals surface area contributed by atoms with Crippen LogP contribution in [0, 0.1) is 0 Å². The summed E-state index contributed by atoms with van der Waals surface area (Å²) in [6.07, 6.45) is 3.78. The van der Waals surface area contributed by atoms with Crippen LogP contribution in [0.4, 0.5) is 0 Å². The molecule has 6 nitrogen and oxygen atoms in total. The van der Waals surface area contributed by atoms with Crippen molar-refractivity contribution in [1.29, 1.82) is 0 Å². The normalized spacial score (nSPS) is 12.5. The predicted octanol–water partition coefficient (Wildman–Crippen LogP) is 0.384.